The van der Waals surface area contributed by atoms with Gasteiger partial charge in [-0.15, -0.1) is 11.3 Å². The third-order valence-corrected chi connectivity index (χ3v) is 14.0. The highest BCUT2D eigenvalue weighted by atomic mass is 32.1. The number of aryl methyl sites for hydroxylation is 1. The number of H-pyrrole nitrogens is 1. The van der Waals surface area contributed by atoms with Crippen LogP contribution < -0.4 is 14.8 Å². The van der Waals surface area contributed by atoms with Gasteiger partial charge in [-0.2, -0.15) is 0 Å². The normalized spacial score (nSPS) is 15.9. The number of ether oxygens (including phenoxy) is 6. The lowest BCUT2D eigenvalue weighted by molar-refractivity contribution is -0.143. The molecule has 0 aliphatic carbocycles. The Bertz CT molecular complexity index is 3000. The van der Waals surface area contributed by atoms with Gasteiger partial charge in [-0.25, -0.2) is 9.97 Å². The molecule has 4 aromatic heterocycles. The number of amides is 3. The fourth-order valence-electron chi connectivity index (χ4n) is 9.35. The average Bonchev–Trinajstić information content (AvgIpc) is 4.19. The molecule has 2 aliphatic heterocycles. The van der Waals surface area contributed by atoms with Gasteiger partial charge in [0.1, 0.15) is 31.0 Å². The summed E-state index contributed by atoms with van der Waals surface area (Å²) in [6, 6.07) is 23.6. The number of β-amino-alcohol motifs (C(OH)–C–C–N with tert-alkyl or cyclic N) is 1. The van der Waals surface area contributed by atoms with E-state index in [1.165, 1.54) is 16.2 Å². The van der Waals surface area contributed by atoms with Crippen molar-refractivity contribution in [1.29, 1.82) is 0 Å². The molecule has 3 amide bonds. The number of pyridine rings is 2. The molecule has 18 heteroatoms. The summed E-state index contributed by atoms with van der Waals surface area (Å²) >= 11 is 1.53. The maximum Gasteiger partial charge on any atom is 0.255 e. The molecule has 0 saturated carbocycles. The second-order valence-corrected chi connectivity index (χ2v) is 19.2. The first-order valence-corrected chi connectivity index (χ1v) is 25.6. The second kappa shape index (κ2) is 24.3. The van der Waals surface area contributed by atoms with Crippen LogP contribution in [0.1, 0.15) is 47.4 Å². The summed E-state index contributed by atoms with van der Waals surface area (Å²) in [6.45, 7) is 9.91. The molecule has 2 unspecified atom stereocenters. The van der Waals surface area contributed by atoms with E-state index in [4.69, 9.17) is 28.4 Å². The number of aliphatic hydroxyl groups excluding tert-OH is 1. The number of hydrogen-bond donors (Lipinski definition) is 3. The zero-order valence-corrected chi connectivity index (χ0v) is 42.1. The fraction of sp³-hybridized carbons (Fsp3) is 0.382. The smallest absolute Gasteiger partial charge is 0.255 e. The Morgan fingerprint density at radius 2 is 1.51 bits per heavy atom. The van der Waals surface area contributed by atoms with Crippen LogP contribution in [0.15, 0.2) is 103 Å². The number of hydrogen-bond acceptors (Lipinski definition) is 14. The molecular weight excluding hydrogens is 951 g/mol. The topological polar surface area (TPSA) is 200 Å². The summed E-state index contributed by atoms with van der Waals surface area (Å²) in [5.41, 5.74) is 9.96. The van der Waals surface area contributed by atoms with Gasteiger partial charge >= 0.3 is 0 Å². The number of carbonyl (C=O) groups excluding carboxylic acids is 3. The number of aliphatic hydroxyl groups is 1. The Morgan fingerprint density at radius 3 is 2.21 bits per heavy atom. The van der Waals surface area contributed by atoms with Gasteiger partial charge in [0.2, 0.25) is 17.7 Å². The zero-order chi connectivity index (χ0) is 50.7. The number of aromatic nitrogens is 4. The summed E-state index contributed by atoms with van der Waals surface area (Å²) in [7, 11) is 0. The van der Waals surface area contributed by atoms with Crippen molar-refractivity contribution < 1.29 is 47.9 Å². The molecule has 0 bridgehead atoms. The first kappa shape index (κ1) is 51.1. The standard InChI is InChI=1S/C55H61N7O10S/c1-35(2)51(62-32-41-6-4-5-7-43(41)54(62)65)55(66)61-33-42(63)28-48(61)53(64)58-30-40-9-8-38(52-36(3)59-34-73-52)27-49(40)71-24-22-69-20-18-67-16-17-68-19-21-70-23-25-72-50-13-11-39(29-57-50)37-10-12-44-45-31-56-15-14-46(45)60-47(44)26-37/h4-15,26-27,29,31,34-35,42,48,51,60,63H,16-25,28,30,32-33H2,1-3H3,(H,58,64)/t42?,48?,51-/m0/s1. The molecule has 17 nitrogen and oxygen atoms in total. The van der Waals surface area contributed by atoms with Crippen molar-refractivity contribution in [2.75, 3.05) is 72.6 Å². The van der Waals surface area contributed by atoms with E-state index in [0.717, 1.165) is 60.2 Å². The molecular formula is C55H61N7O10S. The van der Waals surface area contributed by atoms with Crippen LogP contribution in [0.2, 0.25) is 0 Å². The molecule has 7 aromatic rings. The monoisotopic (exact) mass is 1010 g/mol. The van der Waals surface area contributed by atoms with E-state index in [-0.39, 0.29) is 43.8 Å². The van der Waals surface area contributed by atoms with E-state index in [9.17, 15) is 19.5 Å². The number of aromatic amines is 1. The van der Waals surface area contributed by atoms with Crippen molar-refractivity contribution in [3.63, 3.8) is 0 Å². The van der Waals surface area contributed by atoms with Gasteiger partial charge < -0.3 is 53.6 Å². The lowest BCUT2D eigenvalue weighted by Crippen LogP contribution is -2.55. The molecule has 3 atom stereocenters. The molecule has 2 aliphatic rings. The Morgan fingerprint density at radius 1 is 0.795 bits per heavy atom. The number of thiazole rings is 1. The van der Waals surface area contributed by atoms with Crippen LogP contribution in [0.5, 0.6) is 11.6 Å². The molecule has 3 N–H and O–H groups in total. The summed E-state index contributed by atoms with van der Waals surface area (Å²) in [6.07, 6.45) is 4.68. The SMILES string of the molecule is Cc1ncsc1-c1ccc(CNC(=O)C2CC(O)CN2C(=O)[C@H](C(C)C)N2Cc3ccccc3C2=O)c(OCCOCCOCCOCCOCCOc2ccc(-c3ccc4c(c3)[nH]c3ccncc34)cn2)c1. The van der Waals surface area contributed by atoms with Gasteiger partial charge in [0.15, 0.2) is 0 Å². The molecule has 3 aromatic carbocycles. The number of nitrogens with one attached hydrogen (secondary N) is 2. The van der Waals surface area contributed by atoms with Gasteiger partial charge in [-0.3, -0.25) is 19.4 Å². The molecule has 73 heavy (non-hydrogen) atoms. The minimum Gasteiger partial charge on any atom is -0.491 e. The van der Waals surface area contributed by atoms with E-state index in [2.05, 4.69) is 43.5 Å². The number of benzene rings is 3. The van der Waals surface area contributed by atoms with Crippen molar-refractivity contribution >= 4 is 50.9 Å². The van der Waals surface area contributed by atoms with Gasteiger partial charge in [0.05, 0.1) is 75.0 Å². The average molecular weight is 1010 g/mol. The maximum absolute atomic E-state index is 14.2. The van der Waals surface area contributed by atoms with Crippen LogP contribution in [-0.4, -0.2) is 143 Å². The minimum atomic E-state index is -0.909. The minimum absolute atomic E-state index is 0.000280. The maximum atomic E-state index is 14.2. The Kier molecular flexibility index (Phi) is 17.0. The van der Waals surface area contributed by atoms with Crippen molar-refractivity contribution in [2.24, 2.45) is 5.92 Å². The van der Waals surface area contributed by atoms with Gasteiger partial charge in [-0.1, -0.05) is 56.3 Å². The van der Waals surface area contributed by atoms with Crippen LogP contribution in [0.4, 0.5) is 0 Å². The number of nitrogens with zero attached hydrogens (tertiary/aromatic N) is 5. The molecule has 382 valence electrons. The van der Waals surface area contributed by atoms with Crippen molar-refractivity contribution in [3.05, 3.63) is 125 Å². The van der Waals surface area contributed by atoms with Crippen molar-refractivity contribution in [3.8, 4) is 33.2 Å². The van der Waals surface area contributed by atoms with Crippen LogP contribution in [0, 0.1) is 12.8 Å². The quantitative estimate of drug-likeness (QED) is 0.0496. The van der Waals surface area contributed by atoms with Crippen LogP contribution in [-0.2, 0) is 41.6 Å². The number of carbonyl (C=O) groups is 3. The molecule has 0 radical (unpaired) electrons. The Balaban J connectivity index is 0.654. The van der Waals surface area contributed by atoms with Crippen LogP contribution in [0.25, 0.3) is 43.4 Å². The highest BCUT2D eigenvalue weighted by Gasteiger charge is 2.46. The first-order valence-electron chi connectivity index (χ1n) is 24.7. The molecule has 0 spiro atoms. The predicted molar refractivity (Wildman–Crippen MR) is 276 cm³/mol. The molecule has 1 fully saturated rings. The first-order chi connectivity index (χ1) is 35.6. The predicted octanol–water partition coefficient (Wildman–Crippen LogP) is 6.99. The third kappa shape index (κ3) is 12.4. The lowest BCUT2D eigenvalue weighted by Gasteiger charge is -2.35. The number of fused-ring (bicyclic) bond motifs is 4. The van der Waals surface area contributed by atoms with E-state index in [1.54, 1.807) is 22.7 Å². The molecule has 9 rings (SSSR count). The van der Waals surface area contributed by atoms with Crippen molar-refractivity contribution in [1.82, 2.24) is 35.1 Å². The lowest BCUT2D eigenvalue weighted by atomic mass is 10.0. The summed E-state index contributed by atoms with van der Waals surface area (Å²) in [4.78, 5) is 62.2. The zero-order valence-electron chi connectivity index (χ0n) is 41.3. The number of likely N-dealkylation sites (tertiary alicyclic amines) is 1. The van der Waals surface area contributed by atoms with E-state index in [0.29, 0.717) is 83.2 Å². The molecule has 6 heterocycles. The number of rotatable bonds is 25. The summed E-state index contributed by atoms with van der Waals surface area (Å²) < 4.78 is 34.8. The fourth-order valence-corrected chi connectivity index (χ4v) is 10.2. The highest BCUT2D eigenvalue weighted by molar-refractivity contribution is 7.13. The van der Waals surface area contributed by atoms with Crippen LogP contribution in [0.3, 0.4) is 0 Å². The summed E-state index contributed by atoms with van der Waals surface area (Å²) in [5.74, 6) is -0.0860. The van der Waals surface area contributed by atoms with Crippen LogP contribution >= 0.6 is 11.3 Å². The Hall–Kier alpha value is -6.80. The Labute approximate surface area is 427 Å². The largest absolute Gasteiger partial charge is 0.491 e. The highest BCUT2D eigenvalue weighted by Crippen LogP contribution is 2.34. The van der Waals surface area contributed by atoms with Crippen molar-refractivity contribution in [2.45, 2.75) is 58.5 Å². The summed E-state index contributed by atoms with van der Waals surface area (Å²) in [5, 5.41) is 16.0. The van der Waals surface area contributed by atoms with Gasteiger partial charge in [0.25, 0.3) is 5.91 Å². The van der Waals surface area contributed by atoms with Gasteiger partial charge in [0, 0.05) is 89.2 Å². The van der Waals surface area contributed by atoms with Gasteiger partial charge in [-0.05, 0) is 59.9 Å². The van der Waals surface area contributed by atoms with E-state index >= 15 is 0 Å². The molecule has 1 saturated heterocycles. The second-order valence-electron chi connectivity index (χ2n) is 18.3. The third-order valence-electron chi connectivity index (χ3n) is 13.0. The van der Waals surface area contributed by atoms with E-state index in [1.807, 2.05) is 87.8 Å². The van der Waals surface area contributed by atoms with E-state index < -0.39 is 24.1 Å².